The first-order valence-corrected chi connectivity index (χ1v) is 22.4. The SMILES string of the molecule is C[C@H]1[C@H]([Si](C)(C)O)[C@@H](CC(=O)N(CCO)Cc2ccccc2)O[C@]12C(=O)N(Cc1ccc(N3CCCCC3=O)cc1)c1ccc(N3CCCCC3=O)cc12. The smallest absolute Gasteiger partial charge is 0.264 e. The van der Waals surface area contributed by atoms with E-state index in [4.69, 9.17) is 4.74 Å². The van der Waals surface area contributed by atoms with Gasteiger partial charge in [-0.05, 0) is 80.2 Å². The molecule has 286 valence electrons. The summed E-state index contributed by atoms with van der Waals surface area (Å²) in [5.41, 5.74) is 2.67. The van der Waals surface area contributed by atoms with Gasteiger partial charge in [-0.15, -0.1) is 0 Å². The first-order valence-electron chi connectivity index (χ1n) is 19.4. The molecular formula is C42H52N4O7Si. The molecule has 4 aliphatic rings. The molecule has 4 atom stereocenters. The number of carbonyl (C=O) groups is 4. The predicted octanol–water partition coefficient (Wildman–Crippen LogP) is 5.48. The Bertz CT molecular complexity index is 1880. The number of ether oxygens (including phenoxy) is 1. The summed E-state index contributed by atoms with van der Waals surface area (Å²) in [5, 5.41) is 9.90. The fourth-order valence-corrected chi connectivity index (χ4v) is 11.8. The summed E-state index contributed by atoms with van der Waals surface area (Å²) in [6.45, 7) is 7.38. The van der Waals surface area contributed by atoms with Gasteiger partial charge in [-0.1, -0.05) is 49.4 Å². The van der Waals surface area contributed by atoms with Gasteiger partial charge in [0.1, 0.15) is 0 Å². The number of aliphatic hydroxyl groups excluding tert-OH is 1. The highest BCUT2D eigenvalue weighted by Gasteiger charge is 2.66. The topological polar surface area (TPSA) is 131 Å². The second kappa shape index (κ2) is 15.4. The zero-order valence-electron chi connectivity index (χ0n) is 31.6. The number of nitrogens with zero attached hydrogens (tertiary/aromatic N) is 4. The molecule has 3 aromatic carbocycles. The van der Waals surface area contributed by atoms with Crippen LogP contribution < -0.4 is 14.7 Å². The third-order valence-corrected chi connectivity index (χ3v) is 14.3. The lowest BCUT2D eigenvalue weighted by molar-refractivity contribution is -0.150. The van der Waals surface area contributed by atoms with Crippen LogP contribution in [0.2, 0.25) is 18.6 Å². The molecule has 4 amide bonds. The van der Waals surface area contributed by atoms with E-state index in [1.54, 1.807) is 14.7 Å². The molecule has 2 N–H and O–H groups in total. The minimum atomic E-state index is -3.08. The summed E-state index contributed by atoms with van der Waals surface area (Å²) in [5.74, 6) is -0.840. The van der Waals surface area contributed by atoms with Gasteiger partial charge in [0.15, 0.2) is 13.9 Å². The van der Waals surface area contributed by atoms with Gasteiger partial charge in [-0.25, -0.2) is 0 Å². The fourth-order valence-electron chi connectivity index (χ4n) is 9.23. The van der Waals surface area contributed by atoms with Gasteiger partial charge in [0.25, 0.3) is 5.91 Å². The quantitative estimate of drug-likeness (QED) is 0.248. The highest BCUT2D eigenvalue weighted by atomic mass is 28.4. The Morgan fingerprint density at radius 2 is 1.50 bits per heavy atom. The third kappa shape index (κ3) is 7.12. The minimum absolute atomic E-state index is 0.0386. The molecule has 0 bridgehead atoms. The summed E-state index contributed by atoms with van der Waals surface area (Å²) in [4.78, 5) is 73.8. The van der Waals surface area contributed by atoms with E-state index in [0.717, 1.165) is 42.5 Å². The molecule has 54 heavy (non-hydrogen) atoms. The summed E-state index contributed by atoms with van der Waals surface area (Å²) in [6, 6.07) is 23.1. The molecule has 11 nitrogen and oxygen atoms in total. The van der Waals surface area contributed by atoms with Crippen LogP contribution in [0.15, 0.2) is 72.8 Å². The van der Waals surface area contributed by atoms with Crippen molar-refractivity contribution in [3.8, 4) is 0 Å². The Morgan fingerprint density at radius 3 is 2.11 bits per heavy atom. The number of aliphatic hydroxyl groups is 1. The largest absolute Gasteiger partial charge is 0.432 e. The molecule has 0 unspecified atom stereocenters. The number of piperidine rings is 2. The van der Waals surface area contributed by atoms with Crippen molar-refractivity contribution in [3.63, 3.8) is 0 Å². The Morgan fingerprint density at radius 1 is 0.870 bits per heavy atom. The van der Waals surface area contributed by atoms with Crippen LogP contribution in [0.3, 0.4) is 0 Å². The van der Waals surface area contributed by atoms with Crippen LogP contribution in [-0.4, -0.2) is 79.1 Å². The van der Waals surface area contributed by atoms with E-state index in [2.05, 4.69) is 0 Å². The predicted molar refractivity (Wildman–Crippen MR) is 209 cm³/mol. The van der Waals surface area contributed by atoms with Crippen molar-refractivity contribution in [2.45, 2.75) is 95.3 Å². The maximum atomic E-state index is 15.2. The Balaban J connectivity index is 1.24. The third-order valence-electron chi connectivity index (χ3n) is 11.8. The molecule has 12 heteroatoms. The summed E-state index contributed by atoms with van der Waals surface area (Å²) in [7, 11) is -3.08. The summed E-state index contributed by atoms with van der Waals surface area (Å²) < 4.78 is 7.02. The van der Waals surface area contributed by atoms with Crippen molar-refractivity contribution in [2.75, 3.05) is 40.9 Å². The van der Waals surface area contributed by atoms with E-state index < -0.39 is 31.5 Å². The maximum absolute atomic E-state index is 15.2. The van der Waals surface area contributed by atoms with Crippen molar-refractivity contribution in [1.82, 2.24) is 4.90 Å². The van der Waals surface area contributed by atoms with Crippen molar-refractivity contribution in [1.29, 1.82) is 0 Å². The van der Waals surface area contributed by atoms with E-state index in [1.807, 2.05) is 97.7 Å². The second-order valence-electron chi connectivity index (χ2n) is 15.9. The molecule has 0 saturated carbocycles. The number of carbonyl (C=O) groups excluding carboxylic acids is 4. The van der Waals surface area contributed by atoms with Gasteiger partial charge in [0.05, 0.1) is 31.4 Å². The Hall–Kier alpha value is -4.36. The molecule has 7 rings (SSSR count). The van der Waals surface area contributed by atoms with E-state index >= 15 is 4.79 Å². The number of hydrogen-bond acceptors (Lipinski definition) is 7. The summed E-state index contributed by atoms with van der Waals surface area (Å²) >= 11 is 0. The second-order valence-corrected chi connectivity index (χ2v) is 19.8. The zero-order chi connectivity index (χ0) is 38.2. The lowest BCUT2D eigenvalue weighted by Crippen LogP contribution is -2.46. The van der Waals surface area contributed by atoms with Gasteiger partial charge in [0, 0.05) is 67.4 Å². The van der Waals surface area contributed by atoms with Gasteiger partial charge < -0.3 is 34.2 Å². The zero-order valence-corrected chi connectivity index (χ0v) is 32.6. The Kier molecular flexibility index (Phi) is 10.8. The average molecular weight is 753 g/mol. The molecule has 0 radical (unpaired) electrons. The van der Waals surface area contributed by atoms with Gasteiger partial charge in [-0.3, -0.25) is 19.2 Å². The van der Waals surface area contributed by atoms with Crippen LogP contribution >= 0.6 is 0 Å². The van der Waals surface area contributed by atoms with Gasteiger partial charge >= 0.3 is 0 Å². The molecular weight excluding hydrogens is 701 g/mol. The van der Waals surface area contributed by atoms with Crippen LogP contribution in [0.5, 0.6) is 0 Å². The van der Waals surface area contributed by atoms with Crippen molar-refractivity contribution in [3.05, 3.63) is 89.5 Å². The lowest BCUT2D eigenvalue weighted by Gasteiger charge is -2.33. The van der Waals surface area contributed by atoms with E-state index in [0.29, 0.717) is 49.4 Å². The van der Waals surface area contributed by atoms with Crippen LogP contribution in [0, 0.1) is 5.92 Å². The van der Waals surface area contributed by atoms with Crippen LogP contribution in [0.1, 0.15) is 68.6 Å². The number of hydrogen-bond donors (Lipinski definition) is 2. The van der Waals surface area contributed by atoms with Gasteiger partial charge in [-0.2, -0.15) is 0 Å². The molecule has 3 fully saturated rings. The molecule has 3 saturated heterocycles. The molecule has 4 aliphatic heterocycles. The average Bonchev–Trinajstić information content (AvgIpc) is 3.58. The molecule has 0 aromatic heterocycles. The number of benzene rings is 3. The number of anilines is 3. The fraction of sp³-hybridized carbons (Fsp3) is 0.476. The highest BCUT2D eigenvalue weighted by molar-refractivity contribution is 6.71. The first-order chi connectivity index (χ1) is 25.9. The van der Waals surface area contributed by atoms with Crippen LogP contribution in [0.25, 0.3) is 0 Å². The van der Waals surface area contributed by atoms with E-state index in [-0.39, 0.29) is 49.7 Å². The lowest BCUT2D eigenvalue weighted by atomic mass is 9.82. The van der Waals surface area contributed by atoms with Crippen molar-refractivity contribution >= 4 is 49.0 Å². The minimum Gasteiger partial charge on any atom is -0.432 e. The number of amides is 4. The molecule has 3 aromatic rings. The van der Waals surface area contributed by atoms with Gasteiger partial charge in [0.2, 0.25) is 17.7 Å². The number of rotatable bonds is 11. The van der Waals surface area contributed by atoms with E-state index in [1.165, 1.54) is 0 Å². The Labute approximate surface area is 318 Å². The summed E-state index contributed by atoms with van der Waals surface area (Å²) in [6.07, 6.45) is 3.76. The monoisotopic (exact) mass is 752 g/mol. The van der Waals surface area contributed by atoms with Crippen molar-refractivity contribution < 1.29 is 33.8 Å². The first kappa shape index (κ1) is 37.9. The van der Waals surface area contributed by atoms with Crippen molar-refractivity contribution in [2.24, 2.45) is 5.92 Å². The molecule has 4 heterocycles. The van der Waals surface area contributed by atoms with E-state index in [9.17, 15) is 24.3 Å². The van der Waals surface area contributed by atoms with Crippen LogP contribution in [-0.2, 0) is 42.6 Å². The number of fused-ring (bicyclic) bond motifs is 2. The molecule has 0 aliphatic carbocycles. The van der Waals surface area contributed by atoms with Crippen LogP contribution in [0.4, 0.5) is 17.1 Å². The highest BCUT2D eigenvalue weighted by Crippen LogP contribution is 2.60. The maximum Gasteiger partial charge on any atom is 0.264 e. The normalized spacial score (nSPS) is 24.4. The molecule has 1 spiro atoms. The standard InChI is InChI=1S/C42H52N4O7Si/c1-29-40(54(2,3)52)36(26-39(50)43(23-24-47)27-30-11-5-4-6-12-30)53-42(29)34-25-33(45-22-10-8-14-38(45)49)19-20-35(34)46(41(42)51)28-31-15-17-32(18-16-31)44-21-9-7-13-37(44)48/h4-6,11-12,15-20,25,29,36,40,47,52H,7-10,13-14,21-24,26-28H2,1-3H3/t29-,36+,40-,42+/m0/s1.